The predicted octanol–water partition coefficient (Wildman–Crippen LogP) is 9.90. The Bertz CT molecular complexity index is 2550. The van der Waals surface area contributed by atoms with Crippen LogP contribution in [0.2, 0.25) is 0 Å². The maximum atomic E-state index is 13.7. The molecule has 1 aliphatic heterocycles. The molecule has 73 heavy (non-hydrogen) atoms. The second kappa shape index (κ2) is 29.7. The van der Waals surface area contributed by atoms with Crippen molar-refractivity contribution in [2.45, 2.75) is 128 Å². The van der Waals surface area contributed by atoms with E-state index in [1.54, 1.807) is 42.5 Å². The number of hydrogen-bond acceptors (Lipinski definition) is 12. The van der Waals surface area contributed by atoms with E-state index in [2.05, 4.69) is 28.8 Å². The zero-order valence-corrected chi connectivity index (χ0v) is 45.8. The van der Waals surface area contributed by atoms with Gasteiger partial charge < -0.3 is 47.7 Å². The van der Waals surface area contributed by atoms with E-state index in [1.807, 2.05) is 66.7 Å². The summed E-state index contributed by atoms with van der Waals surface area (Å²) in [5.41, 5.74) is 3.89. The van der Waals surface area contributed by atoms with Gasteiger partial charge in [0.25, 0.3) is 12.1 Å². The van der Waals surface area contributed by atoms with Gasteiger partial charge in [-0.15, -0.1) is 4.37 Å². The Morgan fingerprint density at radius 3 is 1.74 bits per heavy atom. The molecule has 1 aromatic heterocycles. The van der Waals surface area contributed by atoms with Gasteiger partial charge in [0.2, 0.25) is 5.56 Å². The maximum absolute atomic E-state index is 13.7. The minimum absolute atomic E-state index is 0. The highest BCUT2D eigenvalue weighted by Crippen LogP contribution is 2.38. The third kappa shape index (κ3) is 17.2. The second-order valence-corrected chi connectivity index (χ2v) is 20.2. The van der Waals surface area contributed by atoms with Crippen molar-refractivity contribution < 1.29 is 71.3 Å². The highest BCUT2D eigenvalue weighted by molar-refractivity contribution is 6.99. The van der Waals surface area contributed by atoms with Gasteiger partial charge in [0.1, 0.15) is 23.7 Å². The number of hydrogen-bond donors (Lipinski definition) is 0. The predicted molar refractivity (Wildman–Crippen MR) is 279 cm³/mol. The Labute approximate surface area is 457 Å². The number of unbranched alkanes of at least 4 members (excludes halogenated alkanes) is 3. The quantitative estimate of drug-likeness (QED) is 0.0184. The van der Waals surface area contributed by atoms with E-state index in [-0.39, 0.29) is 66.6 Å². The number of nitrogens with zero attached hydrogens (tertiary/aromatic N) is 3. The van der Waals surface area contributed by atoms with Crippen LogP contribution in [0.25, 0.3) is 5.57 Å². The molecular weight excluding hydrogens is 1080 g/mol. The van der Waals surface area contributed by atoms with Gasteiger partial charge in [-0.2, -0.15) is 4.37 Å². The number of para-hydroxylation sites is 2. The third-order valence-corrected chi connectivity index (χ3v) is 14.5. The monoisotopic (exact) mass is 1150 g/mol. The summed E-state index contributed by atoms with van der Waals surface area (Å²) < 4.78 is 38.7. The Morgan fingerprint density at radius 2 is 1.18 bits per heavy atom. The number of quaternary nitrogens is 1. The number of likely N-dealkylation sites (N-methyl/N-ethyl adjacent to an activating group) is 1. The highest BCUT2D eigenvalue weighted by atomic mass is 127. The Hall–Kier alpha value is -5.16. The molecule has 0 bridgehead atoms. The fourth-order valence-electron chi connectivity index (χ4n) is 9.65. The first-order valence-corrected chi connectivity index (χ1v) is 27.0. The molecule has 0 radical (unpaired) electrons. The van der Waals surface area contributed by atoms with Gasteiger partial charge in [0.15, 0.2) is 0 Å². The molecule has 390 valence electrons. The number of rotatable bonds is 20. The van der Waals surface area contributed by atoms with Crippen LogP contribution in [-0.2, 0) is 41.5 Å². The summed E-state index contributed by atoms with van der Waals surface area (Å²) in [6.07, 6.45) is 17.0. The number of halogens is 2. The van der Waals surface area contributed by atoms with Crippen LogP contribution in [0.15, 0.2) is 115 Å². The molecule has 2 aliphatic carbocycles. The average Bonchev–Trinajstić information content (AvgIpc) is 3.89. The lowest BCUT2D eigenvalue weighted by Gasteiger charge is -2.42. The highest BCUT2D eigenvalue weighted by Gasteiger charge is 2.41. The molecule has 0 spiro atoms. The Balaban J connectivity index is 0.000000265. The van der Waals surface area contributed by atoms with E-state index < -0.39 is 17.8 Å². The lowest BCUT2D eigenvalue weighted by Crippen LogP contribution is -3.00. The maximum Gasteiger partial charge on any atom is 0.315 e. The normalized spacial score (nSPS) is 17.8. The summed E-state index contributed by atoms with van der Waals surface area (Å²) in [6, 6.07) is 33.4. The van der Waals surface area contributed by atoms with Crippen LogP contribution in [0.1, 0.15) is 143 Å². The van der Waals surface area contributed by atoms with Crippen molar-refractivity contribution in [3.8, 4) is 17.4 Å². The largest absolute Gasteiger partial charge is 1.00 e. The number of alkyl halides is 1. The van der Waals surface area contributed by atoms with Crippen molar-refractivity contribution in [2.75, 3.05) is 26.7 Å². The van der Waals surface area contributed by atoms with Gasteiger partial charge >= 0.3 is 23.9 Å². The van der Waals surface area contributed by atoms with Crippen molar-refractivity contribution >= 4 is 52.8 Å². The van der Waals surface area contributed by atoms with E-state index in [4.69, 9.17) is 35.3 Å². The molecule has 3 aliphatic rings. The van der Waals surface area contributed by atoms with E-state index in [0.717, 1.165) is 100 Å². The molecule has 2 saturated carbocycles. The van der Waals surface area contributed by atoms with Crippen molar-refractivity contribution in [1.82, 2.24) is 8.75 Å². The van der Waals surface area contributed by atoms with Gasteiger partial charge in [-0.25, -0.2) is 0 Å². The first-order chi connectivity index (χ1) is 35.1. The molecule has 5 aromatic rings. The summed E-state index contributed by atoms with van der Waals surface area (Å²) in [5.74, 6) is 0.0462. The van der Waals surface area contributed by atoms with E-state index in [0.29, 0.717) is 51.7 Å². The van der Waals surface area contributed by atoms with Crippen LogP contribution in [0.3, 0.4) is 0 Å². The van der Waals surface area contributed by atoms with Gasteiger partial charge in [0, 0.05) is 28.7 Å². The number of benzene rings is 4. The average molecular weight is 1150 g/mol. The van der Waals surface area contributed by atoms with Crippen molar-refractivity contribution in [2.24, 2.45) is 11.8 Å². The summed E-state index contributed by atoms with van der Waals surface area (Å²) in [7, 11) is 2.13. The first-order valence-electron chi connectivity index (χ1n) is 25.8. The summed E-state index contributed by atoms with van der Waals surface area (Å²) in [4.78, 5) is 51.3. The summed E-state index contributed by atoms with van der Waals surface area (Å²) >= 11 is 7.33. The van der Waals surface area contributed by atoms with E-state index in [1.165, 1.54) is 31.0 Å². The molecule has 0 saturated heterocycles. The molecule has 2 heterocycles. The fraction of sp³-hybridized carbons (Fsp3) is 0.448. The molecular formula is C58H69ClIN3O9S. The number of carbonyl (C=O) groups excluding carboxylic acids is 4. The van der Waals surface area contributed by atoms with Crippen molar-refractivity contribution in [3.05, 3.63) is 143 Å². The van der Waals surface area contributed by atoms with Crippen LogP contribution in [-0.4, -0.2) is 63.9 Å². The zero-order chi connectivity index (χ0) is 50.5. The molecule has 3 atom stereocenters. The Kier molecular flexibility index (Phi) is 23.2. The van der Waals surface area contributed by atoms with Crippen molar-refractivity contribution in [3.63, 3.8) is 0 Å². The molecule has 0 N–H and O–H groups in total. The standard InChI is InChI=1S/C36H46N3O5S.C22H23ClO4.HI/c1-3-4-5-14-24-42-34-33(37-45-38-34)30-21-15-23-39(2,26-30)35(27-16-8-6-9-17-27)44-32(40)25-29-20-12-13-22-31(29)43-36(41)28-18-10-7-11-19-28;23-21(16-9-3-1-4-10-16)27-20(24)15-18-13-7-8-14-19(18)26-22(25)17-11-5-2-6-12-17;/h6,8-9,12-13,16-17,20-22,28,35H,3-5,7,10-11,14-15,18-19,23-26H2,1-2H3;1,3-4,7-10,13-14,17,21H,2,5-6,11-12,15H2;1H/q+1;;/p-1. The number of ether oxygens (including phenoxy) is 5. The molecule has 2 fully saturated rings. The first kappa shape index (κ1) is 57.1. The van der Waals surface area contributed by atoms with Gasteiger partial charge in [-0.1, -0.05) is 167 Å². The molecule has 8 rings (SSSR count). The van der Waals surface area contributed by atoms with Crippen LogP contribution in [0, 0.1) is 11.8 Å². The minimum Gasteiger partial charge on any atom is -1.00 e. The van der Waals surface area contributed by atoms with Gasteiger partial charge in [0.05, 0.1) is 62.2 Å². The van der Waals surface area contributed by atoms with Crippen LogP contribution in [0.4, 0.5) is 0 Å². The van der Waals surface area contributed by atoms with E-state index in [9.17, 15) is 19.2 Å². The summed E-state index contributed by atoms with van der Waals surface area (Å²) in [5, 5.41) is 0. The summed E-state index contributed by atoms with van der Waals surface area (Å²) in [6.45, 7) is 4.22. The minimum atomic E-state index is -0.851. The van der Waals surface area contributed by atoms with E-state index >= 15 is 0 Å². The molecule has 12 nitrogen and oxygen atoms in total. The number of carbonyl (C=O) groups is 4. The smallest absolute Gasteiger partial charge is 0.315 e. The SMILES string of the molecule is CCCCCCOc1nsnc1C1=CCC[N+](C)(C(OC(=O)Cc2ccccc2OC(=O)C2CCCCC2)c2ccccc2)C1.O=C(Cc1ccccc1OC(=O)C1CCCCC1)OC(Cl)c1ccccc1.[I-]. The number of esters is 4. The van der Waals surface area contributed by atoms with Crippen LogP contribution >= 0.6 is 23.3 Å². The van der Waals surface area contributed by atoms with Crippen molar-refractivity contribution in [1.29, 1.82) is 0 Å². The molecule has 4 aromatic carbocycles. The van der Waals surface area contributed by atoms with Gasteiger partial charge in [-0.05, 0) is 56.4 Å². The second-order valence-electron chi connectivity index (χ2n) is 19.3. The number of aromatic nitrogens is 2. The van der Waals surface area contributed by atoms with Gasteiger partial charge in [-0.3, -0.25) is 23.7 Å². The fourth-order valence-corrected chi connectivity index (χ4v) is 10.4. The van der Waals surface area contributed by atoms with Crippen LogP contribution < -0.4 is 38.2 Å². The molecule has 0 amide bonds. The lowest BCUT2D eigenvalue weighted by molar-refractivity contribution is -0.953. The third-order valence-electron chi connectivity index (χ3n) is 13.7. The molecule has 3 unspecified atom stereocenters. The Morgan fingerprint density at radius 1 is 0.658 bits per heavy atom. The molecule has 15 heteroatoms. The van der Waals surface area contributed by atoms with Crippen LogP contribution in [0.5, 0.6) is 17.4 Å². The zero-order valence-electron chi connectivity index (χ0n) is 42.1. The lowest BCUT2D eigenvalue weighted by atomic mass is 9.89. The topological polar surface area (TPSA) is 140 Å².